The Morgan fingerprint density at radius 3 is 2.45 bits per heavy atom. The molecule has 0 radical (unpaired) electrons. The third kappa shape index (κ3) is 5.47. The molecule has 0 spiro atoms. The van der Waals surface area contributed by atoms with Crippen LogP contribution in [0.2, 0.25) is 0 Å². The van der Waals surface area contributed by atoms with E-state index < -0.39 is 28.0 Å². The monoisotopic (exact) mass is 593 g/mol. The van der Waals surface area contributed by atoms with Gasteiger partial charge in [-0.25, -0.2) is 12.8 Å². The number of rotatable bonds is 6. The summed E-state index contributed by atoms with van der Waals surface area (Å²) in [5.74, 6) is -1.05. The Morgan fingerprint density at radius 2 is 1.74 bits per heavy atom. The van der Waals surface area contributed by atoms with Crippen molar-refractivity contribution >= 4 is 26.8 Å². The molecule has 0 aliphatic carbocycles. The van der Waals surface area contributed by atoms with Crippen molar-refractivity contribution in [2.75, 3.05) is 26.7 Å². The minimum absolute atomic E-state index is 0.00839. The molecule has 0 saturated carbocycles. The molecule has 42 heavy (non-hydrogen) atoms. The van der Waals surface area contributed by atoms with E-state index in [4.69, 9.17) is 4.74 Å². The van der Waals surface area contributed by atoms with Crippen molar-refractivity contribution in [3.8, 4) is 11.1 Å². The number of likely N-dealkylation sites (N-methyl/N-ethyl adjacent to an activating group) is 1. The third-order valence-corrected chi connectivity index (χ3v) is 10.0. The fourth-order valence-corrected chi connectivity index (χ4v) is 6.85. The average molecular weight is 594 g/mol. The number of nitrogens with zero attached hydrogens (tertiary/aromatic N) is 3. The van der Waals surface area contributed by atoms with Crippen LogP contribution in [0.15, 0.2) is 77.7 Å². The van der Waals surface area contributed by atoms with Crippen molar-refractivity contribution in [3.63, 3.8) is 0 Å². The summed E-state index contributed by atoms with van der Waals surface area (Å²) in [6, 6.07) is 19.8. The molecule has 1 N–H and O–H groups in total. The first-order valence-electron chi connectivity index (χ1n) is 14.0. The lowest BCUT2D eigenvalue weighted by Crippen LogP contribution is -2.48. The Kier molecular flexibility index (Phi) is 8.52. The number of aliphatic hydroxyl groups excluding tert-OH is 1. The summed E-state index contributed by atoms with van der Waals surface area (Å²) < 4.78 is 49.8. The molecule has 10 heteroatoms. The Labute approximate surface area is 246 Å². The highest BCUT2D eigenvalue weighted by Gasteiger charge is 2.34. The molecule has 3 aromatic carbocycles. The Balaban J connectivity index is 1.60. The van der Waals surface area contributed by atoms with Gasteiger partial charge >= 0.3 is 0 Å². The molecule has 2 heterocycles. The minimum Gasteiger partial charge on any atom is -0.394 e. The number of aliphatic hydroxyl groups is 1. The molecule has 4 aromatic rings. The van der Waals surface area contributed by atoms with E-state index >= 15 is 0 Å². The van der Waals surface area contributed by atoms with Gasteiger partial charge in [-0.3, -0.25) is 4.79 Å². The summed E-state index contributed by atoms with van der Waals surface area (Å²) in [4.78, 5) is 16.1. The SMILES string of the molecule is C[C@@H]1CN([C@@H](C)CO)C(=O)c2c(c3ccccc3n2C)-c2ccccc2CO[C@H]1CN(C)S(=O)(=O)c1ccc(F)cc1. The molecule has 8 nitrogen and oxygen atoms in total. The molecule has 0 saturated heterocycles. The summed E-state index contributed by atoms with van der Waals surface area (Å²) >= 11 is 0. The fraction of sp³-hybridized carbons (Fsp3) is 0.344. The van der Waals surface area contributed by atoms with Gasteiger partial charge in [0.2, 0.25) is 10.0 Å². The molecule has 5 rings (SSSR count). The van der Waals surface area contributed by atoms with Crippen molar-refractivity contribution in [3.05, 3.63) is 89.9 Å². The van der Waals surface area contributed by atoms with Crippen LogP contribution in [0, 0.1) is 11.7 Å². The first-order valence-corrected chi connectivity index (χ1v) is 15.4. The van der Waals surface area contributed by atoms with Crippen molar-refractivity contribution in [2.24, 2.45) is 13.0 Å². The van der Waals surface area contributed by atoms with E-state index in [1.54, 1.807) is 11.8 Å². The molecule has 1 amide bonds. The molecular weight excluding hydrogens is 557 g/mol. The van der Waals surface area contributed by atoms with Gasteiger partial charge in [-0.05, 0) is 48.4 Å². The molecule has 0 unspecified atom stereocenters. The van der Waals surface area contributed by atoms with Crippen LogP contribution in [-0.2, 0) is 28.4 Å². The van der Waals surface area contributed by atoms with Crippen molar-refractivity contribution in [2.45, 2.75) is 37.5 Å². The number of carbonyl (C=O) groups excluding carboxylic acids is 1. The van der Waals surface area contributed by atoms with Gasteiger partial charge in [0.05, 0.1) is 30.3 Å². The normalized spacial score (nSPS) is 18.9. The lowest BCUT2D eigenvalue weighted by Gasteiger charge is -2.35. The van der Waals surface area contributed by atoms with Gasteiger partial charge in [0.15, 0.2) is 0 Å². The second-order valence-electron chi connectivity index (χ2n) is 11.0. The number of ether oxygens (including phenoxy) is 1. The van der Waals surface area contributed by atoms with Gasteiger partial charge in [0.25, 0.3) is 5.91 Å². The topological polar surface area (TPSA) is 92.1 Å². The number of halogens is 1. The highest BCUT2D eigenvalue weighted by atomic mass is 32.2. The van der Waals surface area contributed by atoms with E-state index in [0.29, 0.717) is 5.69 Å². The van der Waals surface area contributed by atoms with Crippen molar-refractivity contribution in [1.82, 2.24) is 13.8 Å². The van der Waals surface area contributed by atoms with Crippen LogP contribution in [-0.4, -0.2) is 72.1 Å². The molecule has 1 aliphatic heterocycles. The second-order valence-corrected chi connectivity index (χ2v) is 13.1. The Bertz CT molecular complexity index is 1700. The zero-order valence-electron chi connectivity index (χ0n) is 24.2. The number of para-hydroxylation sites is 1. The Hall–Kier alpha value is -3.57. The highest BCUT2D eigenvalue weighted by molar-refractivity contribution is 7.89. The fourth-order valence-electron chi connectivity index (χ4n) is 5.66. The van der Waals surface area contributed by atoms with Crippen molar-refractivity contribution < 1.29 is 27.4 Å². The van der Waals surface area contributed by atoms with Crippen LogP contribution in [0.5, 0.6) is 0 Å². The van der Waals surface area contributed by atoms with Gasteiger partial charge in [0, 0.05) is 49.6 Å². The standard InChI is InChI=1S/C32H36FN3O5S/c1-21-17-36(22(2)19-37)32(38)31-30(27-11-7-8-12-28(27)35(31)4)26-10-6-5-9-23(26)20-41-29(21)18-34(3)42(39,40)25-15-13-24(33)14-16-25/h5-16,21-22,29,37H,17-20H2,1-4H3/t21-,22+,29+/m1/s1. The van der Waals surface area contributed by atoms with Gasteiger partial charge < -0.3 is 19.3 Å². The molecule has 1 aliphatic rings. The third-order valence-electron chi connectivity index (χ3n) is 8.18. The molecular formula is C32H36FN3O5S. The zero-order chi connectivity index (χ0) is 30.2. The lowest BCUT2D eigenvalue weighted by atomic mass is 9.96. The zero-order valence-corrected chi connectivity index (χ0v) is 25.0. The van der Waals surface area contributed by atoms with Crippen LogP contribution in [0.3, 0.4) is 0 Å². The molecule has 222 valence electrons. The predicted molar refractivity (Wildman–Crippen MR) is 160 cm³/mol. The Morgan fingerprint density at radius 1 is 1.07 bits per heavy atom. The summed E-state index contributed by atoms with van der Waals surface area (Å²) in [6.45, 7) is 3.91. The number of amides is 1. The van der Waals surface area contributed by atoms with E-state index in [1.807, 2.05) is 67.1 Å². The maximum absolute atomic E-state index is 14.4. The highest BCUT2D eigenvalue weighted by Crippen LogP contribution is 2.38. The van der Waals surface area contributed by atoms with E-state index in [0.717, 1.165) is 39.7 Å². The smallest absolute Gasteiger partial charge is 0.271 e. The van der Waals surface area contributed by atoms with Crippen LogP contribution < -0.4 is 0 Å². The number of fused-ring (bicyclic) bond motifs is 5. The van der Waals surface area contributed by atoms with Crippen LogP contribution in [0.4, 0.5) is 4.39 Å². The van der Waals surface area contributed by atoms with Gasteiger partial charge in [-0.1, -0.05) is 49.4 Å². The number of sulfonamides is 1. The first-order chi connectivity index (χ1) is 20.0. The molecule has 0 fully saturated rings. The first kappa shape index (κ1) is 29.9. The summed E-state index contributed by atoms with van der Waals surface area (Å²) in [5.41, 5.74) is 3.96. The summed E-state index contributed by atoms with van der Waals surface area (Å²) in [6.07, 6.45) is -0.600. The number of carbonyl (C=O) groups is 1. The summed E-state index contributed by atoms with van der Waals surface area (Å²) in [5, 5.41) is 11.1. The van der Waals surface area contributed by atoms with Crippen LogP contribution in [0.1, 0.15) is 29.9 Å². The maximum Gasteiger partial charge on any atom is 0.271 e. The largest absolute Gasteiger partial charge is 0.394 e. The van der Waals surface area contributed by atoms with Crippen LogP contribution in [0.25, 0.3) is 22.0 Å². The van der Waals surface area contributed by atoms with E-state index in [9.17, 15) is 22.7 Å². The van der Waals surface area contributed by atoms with E-state index in [-0.39, 0.29) is 43.0 Å². The molecule has 0 bridgehead atoms. The average Bonchev–Trinajstić information content (AvgIpc) is 3.28. The van der Waals surface area contributed by atoms with Gasteiger partial charge in [-0.2, -0.15) is 4.31 Å². The van der Waals surface area contributed by atoms with Crippen molar-refractivity contribution in [1.29, 1.82) is 0 Å². The van der Waals surface area contributed by atoms with Gasteiger partial charge in [0.1, 0.15) is 11.5 Å². The number of hydrogen-bond acceptors (Lipinski definition) is 5. The maximum atomic E-state index is 14.4. The lowest BCUT2D eigenvalue weighted by molar-refractivity contribution is -0.0147. The number of aromatic nitrogens is 1. The summed E-state index contributed by atoms with van der Waals surface area (Å²) in [7, 11) is -0.587. The number of aryl methyl sites for hydroxylation is 1. The second kappa shape index (κ2) is 12.0. The predicted octanol–water partition coefficient (Wildman–Crippen LogP) is 4.66. The van der Waals surface area contributed by atoms with Crippen LogP contribution >= 0.6 is 0 Å². The number of benzene rings is 3. The molecule has 1 aromatic heterocycles. The quantitative estimate of drug-likeness (QED) is 0.351. The minimum atomic E-state index is -3.93. The molecule has 3 atom stereocenters. The number of hydrogen-bond donors (Lipinski definition) is 1. The van der Waals surface area contributed by atoms with E-state index in [1.165, 1.54) is 23.5 Å². The van der Waals surface area contributed by atoms with E-state index in [2.05, 4.69) is 0 Å². The van der Waals surface area contributed by atoms with Gasteiger partial charge in [-0.15, -0.1) is 0 Å².